The molecule has 4 rings (SSSR count). The van der Waals surface area contributed by atoms with Gasteiger partial charge in [-0.3, -0.25) is 24.4 Å². The fourth-order valence-corrected chi connectivity index (χ4v) is 4.05. The maximum absolute atomic E-state index is 13.1. The molecule has 9 heteroatoms. The van der Waals surface area contributed by atoms with Gasteiger partial charge in [-0.05, 0) is 24.5 Å². The molecule has 0 saturated carbocycles. The van der Waals surface area contributed by atoms with E-state index in [4.69, 9.17) is 5.73 Å². The largest absolute Gasteiger partial charge is 0.364 e. The number of rotatable bonds is 5. The smallest absolute Gasteiger partial charge is 0.255 e. The zero-order chi connectivity index (χ0) is 20.7. The van der Waals surface area contributed by atoms with E-state index < -0.39 is 11.9 Å². The van der Waals surface area contributed by atoms with E-state index in [1.165, 1.54) is 0 Å². The van der Waals surface area contributed by atoms with Gasteiger partial charge in [0.25, 0.3) is 5.91 Å². The van der Waals surface area contributed by atoms with Gasteiger partial charge in [0.2, 0.25) is 11.8 Å². The van der Waals surface area contributed by atoms with Crippen molar-refractivity contribution in [3.8, 4) is 0 Å². The van der Waals surface area contributed by atoms with E-state index >= 15 is 0 Å². The molecule has 4 N–H and O–H groups in total. The third-order valence-corrected chi connectivity index (χ3v) is 5.75. The zero-order valence-electron chi connectivity index (χ0n) is 16.5. The molecule has 1 aromatic carbocycles. The number of hydrogen-bond donors (Lipinski definition) is 3. The van der Waals surface area contributed by atoms with Gasteiger partial charge >= 0.3 is 0 Å². The summed E-state index contributed by atoms with van der Waals surface area (Å²) in [6.07, 6.45) is 0.594. The highest BCUT2D eigenvalue weighted by Gasteiger charge is 2.39. The van der Waals surface area contributed by atoms with Crippen LogP contribution in [0.5, 0.6) is 0 Å². The Hall–Kier alpha value is -3.20. The van der Waals surface area contributed by atoms with Gasteiger partial charge in [-0.25, -0.2) is 0 Å². The number of hydrogen-bond acceptors (Lipinski definition) is 6. The molecular formula is C20H24N6O3. The van der Waals surface area contributed by atoms with Gasteiger partial charge in [-0.2, -0.15) is 5.10 Å². The van der Waals surface area contributed by atoms with Crippen LogP contribution in [0.25, 0.3) is 0 Å². The number of nitrogens with zero attached hydrogens (tertiary/aromatic N) is 3. The van der Waals surface area contributed by atoms with E-state index in [0.29, 0.717) is 37.4 Å². The molecule has 0 bridgehead atoms. The summed E-state index contributed by atoms with van der Waals surface area (Å²) in [5, 5.41) is 10.1. The molecule has 1 atom stereocenters. The third-order valence-electron chi connectivity index (χ3n) is 5.75. The second-order valence-electron chi connectivity index (χ2n) is 7.45. The number of anilines is 1. The number of benzene rings is 1. The summed E-state index contributed by atoms with van der Waals surface area (Å²) < 4.78 is 1.77. The van der Waals surface area contributed by atoms with Crippen molar-refractivity contribution in [2.45, 2.75) is 45.4 Å². The van der Waals surface area contributed by atoms with Crippen molar-refractivity contribution in [2.75, 3.05) is 5.32 Å². The minimum absolute atomic E-state index is 0.178. The van der Waals surface area contributed by atoms with Gasteiger partial charge in [0.1, 0.15) is 6.04 Å². The van der Waals surface area contributed by atoms with Crippen LogP contribution in [0.4, 0.5) is 5.82 Å². The third kappa shape index (κ3) is 3.27. The average Bonchev–Trinajstić information content (AvgIpc) is 3.17. The van der Waals surface area contributed by atoms with Crippen molar-refractivity contribution >= 4 is 23.5 Å². The Balaban J connectivity index is 1.56. The number of imide groups is 1. The van der Waals surface area contributed by atoms with E-state index in [9.17, 15) is 14.4 Å². The van der Waals surface area contributed by atoms with E-state index in [1.807, 2.05) is 32.2 Å². The fourth-order valence-electron chi connectivity index (χ4n) is 4.05. The van der Waals surface area contributed by atoms with Gasteiger partial charge < -0.3 is 16.0 Å². The lowest BCUT2D eigenvalue weighted by Gasteiger charge is -2.29. The molecule has 9 nitrogen and oxygen atoms in total. The minimum atomic E-state index is -0.615. The Morgan fingerprint density at radius 2 is 2.10 bits per heavy atom. The molecule has 1 unspecified atom stereocenters. The number of carbonyl (C=O) groups excluding carboxylic acids is 3. The lowest BCUT2D eigenvalue weighted by atomic mass is 10.0. The molecule has 1 fully saturated rings. The van der Waals surface area contributed by atoms with Crippen LogP contribution in [-0.2, 0) is 36.3 Å². The van der Waals surface area contributed by atoms with E-state index in [-0.39, 0.29) is 18.2 Å². The molecule has 2 aliphatic rings. The van der Waals surface area contributed by atoms with E-state index in [0.717, 1.165) is 22.4 Å². The van der Waals surface area contributed by atoms with Crippen LogP contribution < -0.4 is 16.4 Å². The highest BCUT2D eigenvalue weighted by Crippen LogP contribution is 2.30. The molecule has 1 saturated heterocycles. The molecule has 152 valence electrons. The second-order valence-corrected chi connectivity index (χ2v) is 7.45. The van der Waals surface area contributed by atoms with Gasteiger partial charge in [-0.1, -0.05) is 18.2 Å². The van der Waals surface area contributed by atoms with E-state index in [2.05, 4.69) is 15.7 Å². The Labute approximate surface area is 168 Å². The van der Waals surface area contributed by atoms with Crippen LogP contribution >= 0.6 is 0 Å². The number of piperidine rings is 1. The maximum Gasteiger partial charge on any atom is 0.255 e. The summed E-state index contributed by atoms with van der Waals surface area (Å²) in [4.78, 5) is 38.3. The minimum Gasteiger partial charge on any atom is -0.364 e. The van der Waals surface area contributed by atoms with E-state index in [1.54, 1.807) is 9.58 Å². The predicted molar refractivity (Wildman–Crippen MR) is 106 cm³/mol. The Kier molecular flexibility index (Phi) is 4.83. The number of aromatic nitrogens is 2. The Morgan fingerprint density at radius 1 is 1.31 bits per heavy atom. The summed E-state index contributed by atoms with van der Waals surface area (Å²) >= 11 is 0. The molecule has 0 radical (unpaired) electrons. The predicted octanol–water partition coefficient (Wildman–Crippen LogP) is 0.560. The number of fused-ring (bicyclic) bond motifs is 1. The second kappa shape index (κ2) is 7.32. The first-order valence-corrected chi connectivity index (χ1v) is 9.62. The first kappa shape index (κ1) is 19.1. The highest BCUT2D eigenvalue weighted by atomic mass is 16.2. The average molecular weight is 396 g/mol. The zero-order valence-corrected chi connectivity index (χ0v) is 16.5. The van der Waals surface area contributed by atoms with Crippen LogP contribution in [0.15, 0.2) is 18.2 Å². The van der Waals surface area contributed by atoms with Gasteiger partial charge in [-0.15, -0.1) is 0 Å². The topological polar surface area (TPSA) is 122 Å². The highest BCUT2D eigenvalue weighted by molar-refractivity contribution is 6.06. The molecule has 1 aromatic heterocycles. The lowest BCUT2D eigenvalue weighted by molar-refractivity contribution is -0.136. The molecule has 3 heterocycles. The van der Waals surface area contributed by atoms with Crippen molar-refractivity contribution < 1.29 is 14.4 Å². The molecule has 0 aliphatic carbocycles. The summed E-state index contributed by atoms with van der Waals surface area (Å²) in [5.41, 5.74) is 10.1. The van der Waals surface area contributed by atoms with Gasteiger partial charge in [0, 0.05) is 49.9 Å². The van der Waals surface area contributed by atoms with Crippen molar-refractivity contribution in [1.82, 2.24) is 20.0 Å². The molecule has 2 aromatic rings. The summed E-state index contributed by atoms with van der Waals surface area (Å²) in [6.45, 7) is 3.12. The van der Waals surface area contributed by atoms with Crippen molar-refractivity contribution in [3.63, 3.8) is 0 Å². The molecule has 2 aliphatic heterocycles. The first-order chi connectivity index (χ1) is 13.9. The van der Waals surface area contributed by atoms with Crippen molar-refractivity contribution in [3.05, 3.63) is 46.1 Å². The van der Waals surface area contributed by atoms with Crippen LogP contribution in [-0.4, -0.2) is 38.4 Å². The summed E-state index contributed by atoms with van der Waals surface area (Å²) in [6, 6.07) is 5.09. The van der Waals surface area contributed by atoms with Crippen molar-refractivity contribution in [1.29, 1.82) is 0 Å². The lowest BCUT2D eigenvalue weighted by Crippen LogP contribution is -2.52. The number of carbonyl (C=O) groups is 3. The molecule has 29 heavy (non-hydrogen) atoms. The van der Waals surface area contributed by atoms with Crippen LogP contribution in [0.2, 0.25) is 0 Å². The number of aryl methyl sites for hydroxylation is 1. The Bertz CT molecular complexity index is 1010. The molecule has 0 spiro atoms. The fraction of sp³-hybridized carbons (Fsp3) is 0.400. The molecule has 3 amide bonds. The van der Waals surface area contributed by atoms with Crippen LogP contribution in [0.3, 0.4) is 0 Å². The summed E-state index contributed by atoms with van der Waals surface area (Å²) in [5.74, 6) is -0.166. The standard InChI is InChI=1S/C20H24N6O3/c1-11-14(8-21)18(24-25(11)2)22-9-12-4-3-5-13-10-26(20(29)17(12)13)15-6-7-16(27)23-19(15)28/h3-5,15H,6-10,21H2,1-2H3,(H,22,24)(H,23,27,28). The number of nitrogens with one attached hydrogen (secondary N) is 2. The monoisotopic (exact) mass is 396 g/mol. The maximum atomic E-state index is 13.1. The Morgan fingerprint density at radius 3 is 2.83 bits per heavy atom. The summed E-state index contributed by atoms with van der Waals surface area (Å²) in [7, 11) is 1.86. The van der Waals surface area contributed by atoms with Gasteiger partial charge in [0.05, 0.1) is 0 Å². The van der Waals surface area contributed by atoms with Crippen molar-refractivity contribution in [2.24, 2.45) is 12.8 Å². The number of nitrogens with two attached hydrogens (primary N) is 1. The van der Waals surface area contributed by atoms with Crippen LogP contribution in [0.1, 0.15) is 45.6 Å². The van der Waals surface area contributed by atoms with Crippen LogP contribution in [0, 0.1) is 6.92 Å². The number of amides is 3. The SMILES string of the molecule is Cc1c(CN)c(NCc2cccc3c2C(=O)N(C2CCC(=O)NC2=O)C3)nn1C. The first-order valence-electron chi connectivity index (χ1n) is 9.62. The quantitative estimate of drug-likeness (QED) is 0.635. The normalized spacial score (nSPS) is 18.8. The van der Waals surface area contributed by atoms with Gasteiger partial charge in [0.15, 0.2) is 5.82 Å². The molecular weight excluding hydrogens is 372 g/mol.